The van der Waals surface area contributed by atoms with Gasteiger partial charge in [-0.1, -0.05) is 59.4 Å². The fourth-order valence-corrected chi connectivity index (χ4v) is 2.34. The van der Waals surface area contributed by atoms with E-state index in [1.165, 1.54) is 10.8 Å². The minimum absolute atomic E-state index is 0.716. The molecule has 0 bridgehead atoms. The molecule has 2 aromatic rings. The molecule has 0 atom stereocenters. The average molecular weight is 238 g/mol. The van der Waals surface area contributed by atoms with Crippen LogP contribution in [0.4, 0.5) is 0 Å². The Morgan fingerprint density at radius 1 is 0.941 bits per heavy atom. The van der Waals surface area contributed by atoms with Crippen LogP contribution in [-0.2, 0) is 0 Å². The summed E-state index contributed by atoms with van der Waals surface area (Å²) in [6, 6.07) is 18.6. The standard InChI is InChI=1S/C15H14OSi/c1-16-14-9-7-13(8-10-14)11-12-17-15-5-3-2-4-6-15/h2-12H,1H3/b12-11+. The summed E-state index contributed by atoms with van der Waals surface area (Å²) in [5.74, 6) is 0.896. The number of methoxy groups -OCH3 is 1. The van der Waals surface area contributed by atoms with Crippen LogP contribution in [0.25, 0.3) is 6.08 Å². The molecule has 0 saturated carbocycles. The second-order valence-corrected chi connectivity index (χ2v) is 4.82. The van der Waals surface area contributed by atoms with Gasteiger partial charge in [0.1, 0.15) is 15.3 Å². The molecule has 2 aromatic carbocycles. The first kappa shape index (κ1) is 11.7. The van der Waals surface area contributed by atoms with Crippen molar-refractivity contribution >= 4 is 20.8 Å². The molecule has 0 aliphatic rings. The highest BCUT2D eigenvalue weighted by Crippen LogP contribution is 2.11. The van der Waals surface area contributed by atoms with E-state index in [4.69, 9.17) is 4.74 Å². The van der Waals surface area contributed by atoms with Crippen LogP contribution < -0.4 is 9.92 Å². The summed E-state index contributed by atoms with van der Waals surface area (Å²) in [7, 11) is 2.40. The normalized spacial score (nSPS) is 10.6. The zero-order chi connectivity index (χ0) is 11.9. The Hall–Kier alpha value is -1.80. The minimum Gasteiger partial charge on any atom is -0.497 e. The van der Waals surface area contributed by atoms with Crippen LogP contribution >= 0.6 is 0 Å². The fraction of sp³-hybridized carbons (Fsp3) is 0.0667. The Labute approximate surface area is 105 Å². The molecule has 0 spiro atoms. The average Bonchev–Trinajstić information content (AvgIpc) is 2.41. The van der Waals surface area contributed by atoms with E-state index in [1.807, 2.05) is 18.2 Å². The van der Waals surface area contributed by atoms with Gasteiger partial charge in [0.25, 0.3) is 0 Å². The molecule has 0 amide bonds. The third-order valence-electron chi connectivity index (χ3n) is 2.42. The molecule has 0 N–H and O–H groups in total. The Kier molecular flexibility index (Phi) is 4.16. The first-order valence-electron chi connectivity index (χ1n) is 5.51. The number of ether oxygens (including phenoxy) is 1. The van der Waals surface area contributed by atoms with Crippen molar-refractivity contribution in [1.29, 1.82) is 0 Å². The Morgan fingerprint density at radius 2 is 1.65 bits per heavy atom. The highest BCUT2D eigenvalue weighted by atomic mass is 28.2. The highest BCUT2D eigenvalue weighted by molar-refractivity contribution is 6.59. The maximum atomic E-state index is 5.12. The molecule has 2 rings (SSSR count). The van der Waals surface area contributed by atoms with Gasteiger partial charge in [0.2, 0.25) is 0 Å². The van der Waals surface area contributed by atoms with Gasteiger partial charge >= 0.3 is 0 Å². The summed E-state index contributed by atoms with van der Waals surface area (Å²) in [5, 5.41) is 1.36. The quantitative estimate of drug-likeness (QED) is 0.744. The maximum Gasteiger partial charge on any atom is 0.118 e. The predicted octanol–water partition coefficient (Wildman–Crippen LogP) is 2.70. The van der Waals surface area contributed by atoms with Crippen LogP contribution in [0.2, 0.25) is 0 Å². The summed E-state index contributed by atoms with van der Waals surface area (Å²) < 4.78 is 5.12. The van der Waals surface area contributed by atoms with Crippen LogP contribution in [0, 0.1) is 0 Å². The van der Waals surface area contributed by atoms with Gasteiger partial charge in [0.15, 0.2) is 0 Å². The van der Waals surface area contributed by atoms with Gasteiger partial charge in [-0.2, -0.15) is 0 Å². The van der Waals surface area contributed by atoms with E-state index in [0.717, 1.165) is 5.75 Å². The number of hydrogen-bond acceptors (Lipinski definition) is 1. The molecule has 0 aromatic heterocycles. The molecule has 0 unspecified atom stereocenters. The molecule has 0 aliphatic heterocycles. The van der Waals surface area contributed by atoms with Crippen molar-refractivity contribution in [3.63, 3.8) is 0 Å². The van der Waals surface area contributed by atoms with Gasteiger partial charge < -0.3 is 4.74 Å². The lowest BCUT2D eigenvalue weighted by Crippen LogP contribution is -2.09. The van der Waals surface area contributed by atoms with Crippen LogP contribution in [0.5, 0.6) is 5.75 Å². The fourth-order valence-electron chi connectivity index (χ4n) is 1.48. The summed E-state index contributed by atoms with van der Waals surface area (Å²) in [5.41, 5.74) is 3.41. The lowest BCUT2D eigenvalue weighted by atomic mass is 10.2. The van der Waals surface area contributed by atoms with Crippen LogP contribution in [0.15, 0.2) is 60.3 Å². The van der Waals surface area contributed by atoms with Crippen LogP contribution in [0.1, 0.15) is 5.56 Å². The van der Waals surface area contributed by atoms with Gasteiger partial charge in [-0.25, -0.2) is 0 Å². The zero-order valence-electron chi connectivity index (χ0n) is 9.76. The first-order chi connectivity index (χ1) is 8.38. The highest BCUT2D eigenvalue weighted by Gasteiger charge is 1.91. The monoisotopic (exact) mass is 238 g/mol. The summed E-state index contributed by atoms with van der Waals surface area (Å²) >= 11 is 0. The topological polar surface area (TPSA) is 9.23 Å². The number of hydrogen-bond donors (Lipinski definition) is 0. The molecule has 2 radical (unpaired) electrons. The number of benzene rings is 2. The van der Waals surface area contributed by atoms with E-state index >= 15 is 0 Å². The van der Waals surface area contributed by atoms with E-state index in [0.29, 0.717) is 9.52 Å². The molecule has 84 valence electrons. The number of rotatable bonds is 4. The van der Waals surface area contributed by atoms with Gasteiger partial charge in [-0.05, 0) is 17.7 Å². The molecule has 0 heterocycles. The van der Waals surface area contributed by atoms with Crippen molar-refractivity contribution in [3.8, 4) is 5.75 Å². The maximum absolute atomic E-state index is 5.12. The summed E-state index contributed by atoms with van der Waals surface area (Å²) in [6.45, 7) is 0. The van der Waals surface area contributed by atoms with Crippen LogP contribution in [0.3, 0.4) is 0 Å². The minimum atomic E-state index is 0.716. The van der Waals surface area contributed by atoms with Crippen molar-refractivity contribution in [2.45, 2.75) is 0 Å². The van der Waals surface area contributed by atoms with E-state index in [-0.39, 0.29) is 0 Å². The molecule has 0 fully saturated rings. The van der Waals surface area contributed by atoms with E-state index in [9.17, 15) is 0 Å². The second kappa shape index (κ2) is 6.06. The van der Waals surface area contributed by atoms with Crippen molar-refractivity contribution in [2.75, 3.05) is 7.11 Å². The molecule has 2 heteroatoms. The Bertz CT molecular complexity index is 474. The zero-order valence-corrected chi connectivity index (χ0v) is 10.8. The predicted molar refractivity (Wildman–Crippen MR) is 73.9 cm³/mol. The molecule has 0 aliphatic carbocycles. The third kappa shape index (κ3) is 3.61. The van der Waals surface area contributed by atoms with E-state index in [2.05, 4.69) is 48.2 Å². The van der Waals surface area contributed by atoms with Crippen molar-refractivity contribution in [2.24, 2.45) is 0 Å². The van der Waals surface area contributed by atoms with Gasteiger partial charge in [-0.15, -0.1) is 0 Å². The van der Waals surface area contributed by atoms with Gasteiger partial charge in [0.05, 0.1) is 7.11 Å². The van der Waals surface area contributed by atoms with Gasteiger partial charge in [-0.3, -0.25) is 0 Å². The molecule has 0 saturated heterocycles. The summed E-state index contributed by atoms with van der Waals surface area (Å²) in [6.07, 6.45) is 2.14. The molecular weight excluding hydrogens is 224 g/mol. The van der Waals surface area contributed by atoms with Crippen molar-refractivity contribution in [3.05, 3.63) is 65.9 Å². The van der Waals surface area contributed by atoms with Crippen molar-refractivity contribution in [1.82, 2.24) is 0 Å². The SMILES string of the molecule is COc1ccc(/C=C/[Si]c2ccccc2)cc1. The third-order valence-corrected chi connectivity index (χ3v) is 3.42. The lowest BCUT2D eigenvalue weighted by molar-refractivity contribution is 0.415. The van der Waals surface area contributed by atoms with Crippen molar-refractivity contribution < 1.29 is 4.74 Å². The first-order valence-corrected chi connectivity index (χ1v) is 6.58. The largest absolute Gasteiger partial charge is 0.497 e. The van der Waals surface area contributed by atoms with Gasteiger partial charge in [0, 0.05) is 0 Å². The smallest absolute Gasteiger partial charge is 0.118 e. The van der Waals surface area contributed by atoms with E-state index < -0.39 is 0 Å². The summed E-state index contributed by atoms with van der Waals surface area (Å²) in [4.78, 5) is 0. The second-order valence-electron chi connectivity index (χ2n) is 3.62. The molecule has 17 heavy (non-hydrogen) atoms. The van der Waals surface area contributed by atoms with E-state index in [1.54, 1.807) is 7.11 Å². The van der Waals surface area contributed by atoms with Crippen LogP contribution in [-0.4, -0.2) is 16.6 Å². The Balaban J connectivity index is 1.96. The Morgan fingerprint density at radius 3 is 2.29 bits per heavy atom. The lowest BCUT2D eigenvalue weighted by Gasteiger charge is -1.99. The molecular formula is C15H14OSi. The molecule has 1 nitrogen and oxygen atoms in total.